The van der Waals surface area contributed by atoms with E-state index in [2.05, 4.69) is 23.2 Å². The van der Waals surface area contributed by atoms with Crippen molar-refractivity contribution in [3.63, 3.8) is 0 Å². The highest BCUT2D eigenvalue weighted by atomic mass is 35.5. The average molecular weight is 771 g/mol. The van der Waals surface area contributed by atoms with Crippen molar-refractivity contribution in [3.8, 4) is 23.0 Å². The zero-order valence-corrected chi connectivity index (χ0v) is 32.0. The van der Waals surface area contributed by atoms with Gasteiger partial charge in [-0.3, -0.25) is 9.36 Å². The summed E-state index contributed by atoms with van der Waals surface area (Å²) < 4.78 is 35.7. The van der Waals surface area contributed by atoms with Crippen molar-refractivity contribution >= 4 is 51.7 Å². The van der Waals surface area contributed by atoms with Gasteiger partial charge in [0.1, 0.15) is 6.61 Å². The van der Waals surface area contributed by atoms with E-state index in [-0.39, 0.29) is 31.0 Å². The summed E-state index contributed by atoms with van der Waals surface area (Å²) in [4.78, 5) is 44.7. The summed E-state index contributed by atoms with van der Waals surface area (Å²) in [5.74, 6) is 0.274. The Morgan fingerprint density at radius 1 is 0.889 bits per heavy atom. The van der Waals surface area contributed by atoms with Gasteiger partial charge in [0, 0.05) is 0 Å². The molecule has 0 aliphatic carbocycles. The Morgan fingerprint density at radius 3 is 2.41 bits per heavy atom. The zero-order chi connectivity index (χ0) is 38.4. The van der Waals surface area contributed by atoms with Gasteiger partial charge in [0.25, 0.3) is 5.56 Å². The summed E-state index contributed by atoms with van der Waals surface area (Å²) in [5, 5.41) is 2.50. The van der Waals surface area contributed by atoms with Crippen molar-refractivity contribution in [1.82, 2.24) is 4.57 Å². The summed E-state index contributed by atoms with van der Waals surface area (Å²) in [7, 11) is 1.27. The lowest BCUT2D eigenvalue weighted by Gasteiger charge is -2.25. The van der Waals surface area contributed by atoms with Crippen LogP contribution in [0.5, 0.6) is 23.0 Å². The number of methoxy groups -OCH3 is 1. The topological polar surface area (TPSA) is 124 Å². The molecule has 0 bridgehead atoms. The van der Waals surface area contributed by atoms with Crippen LogP contribution in [0.15, 0.2) is 93.9 Å². The fourth-order valence-electron chi connectivity index (χ4n) is 6.18. The fraction of sp³-hybridized carbons (Fsp3) is 0.268. The number of fused-ring (bicyclic) bond motifs is 2. The van der Waals surface area contributed by atoms with Crippen LogP contribution in [0.4, 0.5) is 0 Å². The maximum atomic E-state index is 14.4. The first-order valence-electron chi connectivity index (χ1n) is 17.4. The van der Waals surface area contributed by atoms with E-state index >= 15 is 0 Å². The van der Waals surface area contributed by atoms with Gasteiger partial charge in [-0.1, -0.05) is 71.5 Å². The molecular formula is C41H39ClN2O9S. The van der Waals surface area contributed by atoms with Gasteiger partial charge < -0.3 is 28.4 Å². The number of hydrogen-bond donors (Lipinski definition) is 0. The molecule has 54 heavy (non-hydrogen) atoms. The maximum Gasteiger partial charge on any atom is 0.343 e. The number of benzene rings is 4. The molecule has 2 heterocycles. The lowest BCUT2D eigenvalue weighted by atomic mass is 9.95. The number of carbonyl (C=O) groups is 2. The highest BCUT2D eigenvalue weighted by molar-refractivity contribution is 7.07. The van der Waals surface area contributed by atoms with Crippen LogP contribution in [-0.4, -0.2) is 50.0 Å². The number of thiazole rings is 1. The molecule has 0 unspecified atom stereocenters. The third-order valence-corrected chi connectivity index (χ3v) is 9.82. The third-order valence-electron chi connectivity index (χ3n) is 8.55. The Bertz CT molecular complexity index is 2430. The SMILES string of the molecule is CCOC(=O)C1=C(C)N=c2s/c(=C\c3cc(Cl)c(OCc4cccc5ccccc45)c(OCC)c3)c(=O)n2[C@H]1c1ccc(OCC(=O)OC)c(OCC)c1. The Morgan fingerprint density at radius 2 is 1.65 bits per heavy atom. The normalized spacial score (nSPS) is 14.0. The summed E-state index contributed by atoms with van der Waals surface area (Å²) in [5.41, 5.74) is 2.38. The van der Waals surface area contributed by atoms with Crippen LogP contribution in [0.25, 0.3) is 16.8 Å². The number of allylic oxidation sites excluding steroid dienone is 1. The maximum absolute atomic E-state index is 14.4. The molecule has 11 nitrogen and oxygen atoms in total. The van der Waals surface area contributed by atoms with E-state index in [0.717, 1.165) is 16.3 Å². The van der Waals surface area contributed by atoms with Crippen LogP contribution in [0.1, 0.15) is 50.4 Å². The van der Waals surface area contributed by atoms with E-state index in [1.165, 1.54) is 23.0 Å². The van der Waals surface area contributed by atoms with Crippen molar-refractivity contribution in [1.29, 1.82) is 0 Å². The number of nitrogens with zero attached hydrogens (tertiary/aromatic N) is 2. The standard InChI is InChI=1S/C41H39ClN2O9S/c1-6-49-32-21-27(16-17-31(32)52-23-35(45)48-5)37-36(40(47)51-8-3)24(4)43-41-44(37)39(46)34(54-41)20-25-18-30(42)38(33(19-25)50-7-2)53-22-28-14-11-13-26-12-9-10-15-29(26)28/h9-21,37H,6-8,22-23H2,1-5H3/b34-20-/t37-/m0/s1. The minimum absolute atomic E-state index is 0.127. The molecule has 1 aliphatic rings. The van der Waals surface area contributed by atoms with Gasteiger partial charge in [-0.15, -0.1) is 0 Å². The quantitative estimate of drug-likeness (QED) is 0.116. The van der Waals surface area contributed by atoms with E-state index in [4.69, 9.17) is 40.0 Å². The first-order valence-corrected chi connectivity index (χ1v) is 18.6. The first-order chi connectivity index (χ1) is 26.2. The van der Waals surface area contributed by atoms with Gasteiger partial charge in [-0.2, -0.15) is 0 Å². The highest BCUT2D eigenvalue weighted by Crippen LogP contribution is 2.39. The average Bonchev–Trinajstić information content (AvgIpc) is 3.46. The van der Waals surface area contributed by atoms with Gasteiger partial charge in [-0.05, 0) is 85.5 Å². The van der Waals surface area contributed by atoms with Gasteiger partial charge in [0.15, 0.2) is 34.4 Å². The number of halogens is 1. The minimum atomic E-state index is -0.913. The largest absolute Gasteiger partial charge is 0.490 e. The van der Waals surface area contributed by atoms with Gasteiger partial charge >= 0.3 is 11.9 Å². The van der Waals surface area contributed by atoms with Crippen LogP contribution in [-0.2, 0) is 25.7 Å². The van der Waals surface area contributed by atoms with Crippen LogP contribution in [0, 0.1) is 0 Å². The molecule has 0 radical (unpaired) electrons. The van der Waals surface area contributed by atoms with Gasteiger partial charge in [0.05, 0.1) is 53.8 Å². The number of rotatable bonds is 14. The second kappa shape index (κ2) is 17.0. The smallest absolute Gasteiger partial charge is 0.343 e. The summed E-state index contributed by atoms with van der Waals surface area (Å²) in [6, 6.07) is 21.7. The molecule has 280 valence electrons. The molecule has 0 fully saturated rings. The number of esters is 2. The summed E-state index contributed by atoms with van der Waals surface area (Å²) in [6.07, 6.45) is 1.71. The molecule has 13 heteroatoms. The number of ether oxygens (including phenoxy) is 6. The number of carbonyl (C=O) groups excluding carboxylic acids is 2. The molecule has 1 aliphatic heterocycles. The monoisotopic (exact) mass is 770 g/mol. The van der Waals surface area contributed by atoms with E-state index in [0.29, 0.717) is 67.4 Å². The van der Waals surface area contributed by atoms with Crippen molar-refractivity contribution in [2.45, 2.75) is 40.3 Å². The third kappa shape index (κ3) is 7.99. The summed E-state index contributed by atoms with van der Waals surface area (Å²) >= 11 is 8.01. The number of aromatic nitrogens is 1. The molecule has 0 amide bonds. The molecule has 0 saturated heterocycles. The van der Waals surface area contributed by atoms with Crippen molar-refractivity contribution < 1.29 is 38.0 Å². The van der Waals surface area contributed by atoms with Crippen LogP contribution < -0.4 is 33.8 Å². The molecule has 6 rings (SSSR count). The molecule has 0 spiro atoms. The molecule has 0 N–H and O–H groups in total. The van der Waals surface area contributed by atoms with E-state index < -0.39 is 18.0 Å². The summed E-state index contributed by atoms with van der Waals surface area (Å²) in [6.45, 7) is 7.81. The second-order valence-electron chi connectivity index (χ2n) is 12.0. The number of hydrogen-bond acceptors (Lipinski definition) is 11. The predicted octanol–water partition coefficient (Wildman–Crippen LogP) is 6.53. The van der Waals surface area contributed by atoms with Crippen molar-refractivity contribution in [2.75, 3.05) is 33.5 Å². The Kier molecular flexibility index (Phi) is 12.0. The van der Waals surface area contributed by atoms with E-state index in [1.807, 2.05) is 31.2 Å². The van der Waals surface area contributed by atoms with Crippen LogP contribution in [0.3, 0.4) is 0 Å². The second-order valence-corrected chi connectivity index (χ2v) is 13.4. The minimum Gasteiger partial charge on any atom is -0.490 e. The Balaban J connectivity index is 1.41. The predicted molar refractivity (Wildman–Crippen MR) is 206 cm³/mol. The van der Waals surface area contributed by atoms with E-state index in [9.17, 15) is 14.4 Å². The van der Waals surface area contributed by atoms with E-state index in [1.54, 1.807) is 57.2 Å². The van der Waals surface area contributed by atoms with Crippen LogP contribution in [0.2, 0.25) is 5.02 Å². The molecule has 5 aromatic rings. The lowest BCUT2D eigenvalue weighted by Crippen LogP contribution is -2.40. The molecule has 1 aromatic heterocycles. The zero-order valence-electron chi connectivity index (χ0n) is 30.5. The molecular weight excluding hydrogens is 732 g/mol. The highest BCUT2D eigenvalue weighted by Gasteiger charge is 2.34. The molecule has 1 atom stereocenters. The lowest BCUT2D eigenvalue weighted by molar-refractivity contribution is -0.143. The molecule has 4 aromatic carbocycles. The first kappa shape index (κ1) is 38.1. The van der Waals surface area contributed by atoms with Gasteiger partial charge in [-0.25, -0.2) is 14.6 Å². The Hall–Kier alpha value is -5.59. The fourth-order valence-corrected chi connectivity index (χ4v) is 7.50. The van der Waals surface area contributed by atoms with Crippen molar-refractivity contribution in [2.24, 2.45) is 4.99 Å². The Labute approximate surface area is 320 Å². The molecule has 0 saturated carbocycles. The van der Waals surface area contributed by atoms with Crippen molar-refractivity contribution in [3.05, 3.63) is 125 Å². The van der Waals surface area contributed by atoms with Gasteiger partial charge in [0.2, 0.25) is 0 Å². The van der Waals surface area contributed by atoms with Crippen LogP contribution >= 0.6 is 22.9 Å².